The van der Waals surface area contributed by atoms with Gasteiger partial charge in [-0.25, -0.2) is 0 Å². The average molecular weight is 1990 g/mol. The molecule has 0 aliphatic heterocycles. The maximum Gasteiger partial charge on any atom is 0.122 e. The van der Waals surface area contributed by atoms with E-state index in [0.717, 1.165) is 117 Å². The van der Waals surface area contributed by atoms with Crippen molar-refractivity contribution in [2.45, 2.75) is 314 Å². The van der Waals surface area contributed by atoms with Crippen molar-refractivity contribution in [1.29, 1.82) is 0 Å². The van der Waals surface area contributed by atoms with Crippen LogP contribution in [0.3, 0.4) is 0 Å². The zero-order valence-corrected chi connectivity index (χ0v) is 84.1. The summed E-state index contributed by atoms with van der Waals surface area (Å²) in [5.41, 5.74) is 7.86. The molecule has 4 aromatic carbocycles. The summed E-state index contributed by atoms with van der Waals surface area (Å²) in [6, 6.07) is 38.9. The van der Waals surface area contributed by atoms with Crippen LogP contribution in [0.1, 0.15) is 177 Å². The van der Waals surface area contributed by atoms with Gasteiger partial charge < -0.3 is 9.47 Å². The number of aryl methyl sites for hydroxylation is 5. The molecule has 0 bridgehead atoms. The predicted octanol–water partition coefficient (Wildman–Crippen LogP) is 24.8. The van der Waals surface area contributed by atoms with Crippen LogP contribution in [-0.2, 0) is 104 Å². The Labute approximate surface area is 707 Å². The SMILES string of the molecule is Cc1cc(CCC(=O)OCCC[Si](C)(C)CCC[Si](CCC[Si](C)(C)CCCOC(=O)CCc2ccc(OC(C)C)c([CH]=[Ru]([Cl])[Cl])c2)(CCC[Si](C)(C)CCCOC(=O)CCc2ccc(OC(C)C)c([CH]=[Ru]([Cl])[Cl])c2)CCC[Si](C)(C)CCCOC(=O)CCc2ccc(OC(C)C)c([CH]=[Ru]([Cl])[Cl])c2)ccc1OC(C)C. The first-order valence-corrected chi connectivity index (χ1v) is 72.9. The summed E-state index contributed by atoms with van der Waals surface area (Å²) in [5.74, 6) is 2.45. The molecule has 0 spiro atoms. The summed E-state index contributed by atoms with van der Waals surface area (Å²) >= 11 is -6.31. The number of esters is 4. The Morgan fingerprint density at radius 1 is 0.327 bits per heavy atom. The van der Waals surface area contributed by atoms with Gasteiger partial charge in [-0.3, -0.25) is 4.79 Å². The topological polar surface area (TPSA) is 142 Å². The number of rotatable bonds is 55. The minimum absolute atomic E-state index is 0.00581. The van der Waals surface area contributed by atoms with Crippen LogP contribution in [-0.4, -0.2) is 129 Å². The van der Waals surface area contributed by atoms with Gasteiger partial charge in [-0.1, -0.05) is 145 Å². The molecular weight excluding hydrogens is 1860 g/mol. The predicted molar refractivity (Wildman–Crippen MR) is 472 cm³/mol. The molecule has 4 aromatic rings. The fraction of sp³-hybridized carbons (Fsp3) is 0.631. The molecule has 0 aliphatic carbocycles. The molecule has 0 radical (unpaired) electrons. The number of ether oxygens (including phenoxy) is 8. The van der Waals surface area contributed by atoms with Crippen LogP contribution in [0.25, 0.3) is 0 Å². The van der Waals surface area contributed by atoms with Gasteiger partial charge >= 0.3 is 464 Å². The first-order chi connectivity index (χ1) is 51.7. The van der Waals surface area contributed by atoms with E-state index in [1.807, 2.05) is 130 Å². The Morgan fingerprint density at radius 2 is 0.545 bits per heavy atom. The van der Waals surface area contributed by atoms with Crippen molar-refractivity contribution in [1.82, 2.24) is 0 Å². The van der Waals surface area contributed by atoms with Gasteiger partial charge in [-0.15, -0.1) is 0 Å². The molecule has 0 saturated carbocycles. The van der Waals surface area contributed by atoms with Crippen LogP contribution < -0.4 is 18.9 Å². The van der Waals surface area contributed by atoms with E-state index >= 15 is 0 Å². The first-order valence-electron chi connectivity index (χ1n) is 40.0. The Balaban J connectivity index is 1.48. The molecule has 0 amide bonds. The third kappa shape index (κ3) is 44.7. The van der Waals surface area contributed by atoms with E-state index in [1.54, 1.807) is 0 Å². The van der Waals surface area contributed by atoms with Crippen molar-refractivity contribution in [3.05, 3.63) is 117 Å². The Morgan fingerprint density at radius 3 is 0.773 bits per heavy atom. The zero-order valence-electron chi connectivity index (χ0n) is 69.3. The second kappa shape index (κ2) is 52.2. The fourth-order valence-corrected chi connectivity index (χ4v) is 36.2. The molecule has 12 nitrogen and oxygen atoms in total. The van der Waals surface area contributed by atoms with Gasteiger partial charge in [0.05, 0.1) is 20.8 Å². The zero-order chi connectivity index (χ0) is 81.7. The molecule has 4 rings (SSSR count). The van der Waals surface area contributed by atoms with Gasteiger partial charge in [0.15, 0.2) is 0 Å². The van der Waals surface area contributed by atoms with E-state index in [1.165, 1.54) is 74.0 Å². The van der Waals surface area contributed by atoms with Crippen molar-refractivity contribution in [2.24, 2.45) is 0 Å². The van der Waals surface area contributed by atoms with Gasteiger partial charge in [0.25, 0.3) is 0 Å². The van der Waals surface area contributed by atoms with Crippen LogP contribution >= 0.6 is 58.1 Å². The molecule has 0 atom stereocenters. The maximum atomic E-state index is 13.2. The molecule has 0 N–H and O–H groups in total. The molecule has 0 saturated heterocycles. The van der Waals surface area contributed by atoms with E-state index in [-0.39, 0.29) is 48.3 Å². The minimum atomic E-state index is -2.10. The summed E-state index contributed by atoms with van der Waals surface area (Å²) in [4.78, 5) is 52.7. The Hall–Kier alpha value is -1.74. The summed E-state index contributed by atoms with van der Waals surface area (Å²) in [7, 11) is 29.2. The summed E-state index contributed by atoms with van der Waals surface area (Å²) < 4.78 is 53.3. The molecule has 0 unspecified atom stereocenters. The number of carbonyl (C=O) groups excluding carboxylic acids is 4. The molecule has 628 valence electrons. The Bertz CT molecular complexity index is 3300. The minimum Gasteiger partial charge on any atom is -0.491 e. The largest absolute Gasteiger partial charge is 0.491 e. The van der Waals surface area contributed by atoms with Crippen LogP contribution in [0.5, 0.6) is 23.0 Å². The van der Waals surface area contributed by atoms with Crippen LogP contribution in [0, 0.1) is 6.92 Å². The van der Waals surface area contributed by atoms with Crippen molar-refractivity contribution in [3.63, 3.8) is 0 Å². The third-order valence-electron chi connectivity index (χ3n) is 20.2. The molecule has 26 heteroatoms. The van der Waals surface area contributed by atoms with Crippen molar-refractivity contribution >= 4 is 136 Å². The number of benzene rings is 4. The molecule has 0 aliphatic rings. The van der Waals surface area contributed by atoms with E-state index in [4.69, 9.17) is 96.0 Å². The molecule has 0 aromatic heterocycles. The third-order valence-corrected chi connectivity index (χ3v) is 45.0. The second-order valence-corrected chi connectivity index (χ2v) is 77.7. The molecule has 0 heterocycles. The fourth-order valence-electron chi connectivity index (χ4n) is 14.3. The van der Waals surface area contributed by atoms with Crippen molar-refractivity contribution in [3.8, 4) is 23.0 Å². The molecule has 110 heavy (non-hydrogen) atoms. The van der Waals surface area contributed by atoms with Crippen LogP contribution in [0.4, 0.5) is 0 Å². The van der Waals surface area contributed by atoms with Gasteiger partial charge in [0.2, 0.25) is 0 Å². The van der Waals surface area contributed by atoms with Gasteiger partial charge in [-0.05, 0) is 50.8 Å². The number of hydrogen-bond acceptors (Lipinski definition) is 12. The summed E-state index contributed by atoms with van der Waals surface area (Å²) in [6.07, 6.45) is 12.2. The van der Waals surface area contributed by atoms with E-state index in [0.29, 0.717) is 77.8 Å². The smallest absolute Gasteiger partial charge is 0.122 e. The summed E-state index contributed by atoms with van der Waals surface area (Å²) in [6.45, 7) is 40.1. The van der Waals surface area contributed by atoms with Gasteiger partial charge in [0, 0.05) is 14.5 Å². The maximum absolute atomic E-state index is 13.2. The number of halogens is 6. The molecular formula is C84H134Cl6O12Ru3Si5. The standard InChI is InChI=1S/C84H134O12Si5.6ClH.3Ru/c1-65(2)93-77-37-29-73(61-69(77)9)33-41-81(85)89-45-21-49-97(13,14)53-25-57-101(58-26-54-98(15,16)50-22-46-90-82(86)42-34-74-30-38-78(70(10)62-74)94-66(3)4,59-27-55-99(17,18)51-23-47-91-83(87)43-35-75-31-39-79(71(11)63-75)95-67(5)6)60-28-56-100(19,20)52-24-48-92-84(88)44-36-76-32-40-80(72(12)64-76)96-68(7)8;;;;;;;;;/h9-11,29-32,37-40,61-68H,21-28,33-36,41-60H2,1-8,12-20H3;6*1H;;;/q;;;;;;;3*+2/p-6. The molecule has 0 fully saturated rings. The summed E-state index contributed by atoms with van der Waals surface area (Å²) in [5, 5.41) is 0. The van der Waals surface area contributed by atoms with Gasteiger partial charge in [-0.2, -0.15) is 0 Å². The van der Waals surface area contributed by atoms with E-state index in [2.05, 4.69) is 71.4 Å². The second-order valence-electron chi connectivity index (χ2n) is 34.2. The Kier molecular flexibility index (Phi) is 47.8. The van der Waals surface area contributed by atoms with Gasteiger partial charge in [0.1, 0.15) is 5.75 Å². The van der Waals surface area contributed by atoms with Crippen LogP contribution in [0.15, 0.2) is 72.8 Å². The van der Waals surface area contributed by atoms with Crippen LogP contribution in [0.2, 0.25) is 125 Å². The van der Waals surface area contributed by atoms with Crippen molar-refractivity contribution < 1.29 is 97.6 Å². The van der Waals surface area contributed by atoms with E-state index in [9.17, 15) is 19.2 Å². The number of hydrogen-bond donors (Lipinski definition) is 0. The monoisotopic (exact) mass is 1990 g/mol. The number of carbonyl (C=O) groups is 4. The van der Waals surface area contributed by atoms with E-state index < -0.39 is 80.9 Å². The van der Waals surface area contributed by atoms with Crippen molar-refractivity contribution in [2.75, 3.05) is 26.4 Å². The average Bonchev–Trinajstić information content (AvgIpc) is 0.863. The normalized spacial score (nSPS) is 12.6. The quantitative estimate of drug-likeness (QED) is 0.0180. The first kappa shape index (κ1) is 101.